The predicted octanol–water partition coefficient (Wildman–Crippen LogP) is 1.84. The molecule has 0 radical (unpaired) electrons. The van der Waals surface area contributed by atoms with Gasteiger partial charge in [-0.25, -0.2) is 8.42 Å². The van der Waals surface area contributed by atoms with Crippen molar-refractivity contribution in [2.45, 2.75) is 43.9 Å². The lowest BCUT2D eigenvalue weighted by molar-refractivity contribution is 0.103. The second-order valence-electron chi connectivity index (χ2n) is 8.10. The van der Waals surface area contributed by atoms with E-state index in [1.807, 2.05) is 13.8 Å². The molecule has 1 aromatic carbocycles. The number of rotatable bonds is 6. The van der Waals surface area contributed by atoms with Crippen LogP contribution in [0.25, 0.3) is 0 Å². The van der Waals surface area contributed by atoms with Crippen molar-refractivity contribution in [3.05, 3.63) is 46.3 Å². The van der Waals surface area contributed by atoms with Crippen molar-refractivity contribution < 1.29 is 26.2 Å². The number of aryl methyl sites for hydroxylation is 1. The lowest BCUT2D eigenvalue weighted by atomic mass is 9.81. The molecule has 1 N–H and O–H groups in total. The van der Waals surface area contributed by atoms with Crippen molar-refractivity contribution in [2.24, 2.45) is 7.05 Å². The number of carbonyl (C=O) groups is 1. The average Bonchev–Trinajstić information content (AvgIpc) is 3.01. The van der Waals surface area contributed by atoms with Crippen LogP contribution in [-0.4, -0.2) is 48.5 Å². The highest BCUT2D eigenvalue weighted by atomic mass is 32.2. The Bertz CT molecular complexity index is 1210. The quantitative estimate of drug-likeness (QED) is 0.537. The minimum Gasteiger partial charge on any atom is -0.288 e. The summed E-state index contributed by atoms with van der Waals surface area (Å²) in [5.41, 5.74) is 2.00. The highest BCUT2D eigenvalue weighted by Crippen LogP contribution is 2.42. The molecule has 1 aromatic heterocycles. The van der Waals surface area contributed by atoms with Gasteiger partial charge in [-0.3, -0.25) is 14.0 Å². The predicted molar refractivity (Wildman–Crippen MR) is 108 cm³/mol. The first-order valence-corrected chi connectivity index (χ1v) is 12.4. The molecule has 0 spiro atoms. The zero-order valence-corrected chi connectivity index (χ0v) is 18.4. The second-order valence-corrected chi connectivity index (χ2v) is 11.6. The Balaban J connectivity index is 2.02. The van der Waals surface area contributed by atoms with E-state index in [4.69, 9.17) is 4.55 Å². The summed E-state index contributed by atoms with van der Waals surface area (Å²) in [6.07, 6.45) is 1.83. The molecule has 0 bridgehead atoms. The summed E-state index contributed by atoms with van der Waals surface area (Å²) in [6, 6.07) is 3.03. The van der Waals surface area contributed by atoms with Crippen LogP contribution < -0.4 is 0 Å². The van der Waals surface area contributed by atoms with Gasteiger partial charge in [0.05, 0.1) is 28.2 Å². The van der Waals surface area contributed by atoms with Crippen LogP contribution in [0.15, 0.2) is 23.2 Å². The molecule has 8 nitrogen and oxygen atoms in total. The molecular formula is C19H24N2O6S2. The zero-order chi connectivity index (χ0) is 21.8. The first-order chi connectivity index (χ1) is 13.2. The molecule has 2 aromatic rings. The van der Waals surface area contributed by atoms with E-state index in [1.54, 1.807) is 14.0 Å². The lowest BCUT2D eigenvalue weighted by Crippen LogP contribution is -2.21. The molecule has 0 amide bonds. The normalized spacial score (nSPS) is 17.3. The Hall–Kier alpha value is -2.04. The maximum Gasteiger partial charge on any atom is 0.264 e. The van der Waals surface area contributed by atoms with Gasteiger partial charge in [0.15, 0.2) is 15.6 Å². The number of carbonyl (C=O) groups excluding carboxylic acids is 1. The van der Waals surface area contributed by atoms with Gasteiger partial charge in [0.1, 0.15) is 0 Å². The van der Waals surface area contributed by atoms with Gasteiger partial charge in [0, 0.05) is 23.7 Å². The number of fused-ring (bicyclic) bond motifs is 1. The van der Waals surface area contributed by atoms with Crippen LogP contribution in [0.5, 0.6) is 0 Å². The van der Waals surface area contributed by atoms with Crippen LogP contribution >= 0.6 is 0 Å². The summed E-state index contributed by atoms with van der Waals surface area (Å²) < 4.78 is 57.3. The van der Waals surface area contributed by atoms with Crippen LogP contribution in [0, 0.1) is 6.92 Å². The largest absolute Gasteiger partial charge is 0.288 e. The molecule has 0 atom stereocenters. The third kappa shape index (κ3) is 4.01. The average molecular weight is 441 g/mol. The summed E-state index contributed by atoms with van der Waals surface area (Å²) in [5, 5.41) is 4.12. The summed E-state index contributed by atoms with van der Waals surface area (Å²) in [7, 11) is -5.81. The monoisotopic (exact) mass is 440 g/mol. The molecule has 0 unspecified atom stereocenters. The lowest BCUT2D eigenvalue weighted by Gasteiger charge is -2.21. The number of aromatic nitrogens is 2. The minimum absolute atomic E-state index is 0.00158. The van der Waals surface area contributed by atoms with Crippen LogP contribution in [-0.2, 0) is 38.8 Å². The first kappa shape index (κ1) is 21.7. The van der Waals surface area contributed by atoms with Crippen LogP contribution in [0.3, 0.4) is 0 Å². The standard InChI is InChI=1S/C19H24N2O6S2/c1-12-13(7-8-16-17(12)19(2,3)11-28(16,23)24)18(22)14-10-20-21(4)15(14)6-5-9-29(25,26)27/h7-8,10H,5-6,9,11H2,1-4H3,(H,25,26,27). The molecule has 0 saturated carbocycles. The number of ketones is 1. The second kappa shape index (κ2) is 7.03. The Kier molecular flexibility index (Phi) is 5.25. The van der Waals surface area contributed by atoms with Crippen molar-refractivity contribution in [1.29, 1.82) is 0 Å². The number of hydrogen-bond donors (Lipinski definition) is 1. The van der Waals surface area contributed by atoms with E-state index < -0.39 is 31.1 Å². The van der Waals surface area contributed by atoms with Crippen LogP contribution in [0.2, 0.25) is 0 Å². The van der Waals surface area contributed by atoms with E-state index in [-0.39, 0.29) is 29.3 Å². The molecule has 2 heterocycles. The summed E-state index contributed by atoms with van der Waals surface area (Å²) >= 11 is 0. The van der Waals surface area contributed by atoms with Crippen molar-refractivity contribution in [3.63, 3.8) is 0 Å². The molecule has 1 aliphatic heterocycles. The molecule has 0 fully saturated rings. The third-order valence-corrected chi connectivity index (χ3v) is 8.27. The molecule has 10 heteroatoms. The maximum atomic E-state index is 13.3. The summed E-state index contributed by atoms with van der Waals surface area (Å²) in [6.45, 7) is 5.45. The minimum atomic E-state index is -4.08. The molecule has 0 saturated heterocycles. The smallest absolute Gasteiger partial charge is 0.264 e. The fourth-order valence-electron chi connectivity index (χ4n) is 4.17. The molecule has 158 valence electrons. The highest BCUT2D eigenvalue weighted by molar-refractivity contribution is 7.91. The van der Waals surface area contributed by atoms with E-state index in [0.717, 1.165) is 0 Å². The van der Waals surface area contributed by atoms with Gasteiger partial charge in [-0.15, -0.1) is 0 Å². The van der Waals surface area contributed by atoms with E-state index in [0.29, 0.717) is 27.9 Å². The topological polar surface area (TPSA) is 123 Å². The van der Waals surface area contributed by atoms with Gasteiger partial charge in [0.2, 0.25) is 0 Å². The molecule has 1 aliphatic rings. The van der Waals surface area contributed by atoms with Crippen molar-refractivity contribution in [3.8, 4) is 0 Å². The number of benzene rings is 1. The highest BCUT2D eigenvalue weighted by Gasteiger charge is 2.42. The molecule has 0 aliphatic carbocycles. The number of nitrogens with zero attached hydrogens (tertiary/aromatic N) is 2. The van der Waals surface area contributed by atoms with E-state index in [9.17, 15) is 21.6 Å². The molecule has 3 rings (SSSR count). The van der Waals surface area contributed by atoms with Gasteiger partial charge in [-0.2, -0.15) is 13.5 Å². The van der Waals surface area contributed by atoms with Gasteiger partial charge in [-0.05, 0) is 43.0 Å². The first-order valence-electron chi connectivity index (χ1n) is 9.12. The van der Waals surface area contributed by atoms with Gasteiger partial charge < -0.3 is 0 Å². The van der Waals surface area contributed by atoms with Crippen LogP contribution in [0.4, 0.5) is 0 Å². The number of hydrogen-bond acceptors (Lipinski definition) is 6. The SMILES string of the molecule is Cc1c(C(=O)c2cnn(C)c2CCCS(=O)(=O)O)ccc2c1C(C)(C)CS2(=O)=O. The number of sulfone groups is 1. The Morgan fingerprint density at radius 2 is 1.93 bits per heavy atom. The van der Waals surface area contributed by atoms with Crippen molar-refractivity contribution >= 4 is 25.7 Å². The Morgan fingerprint density at radius 1 is 1.28 bits per heavy atom. The van der Waals surface area contributed by atoms with Gasteiger partial charge in [-0.1, -0.05) is 13.8 Å². The Labute approximate surface area is 170 Å². The van der Waals surface area contributed by atoms with Crippen molar-refractivity contribution in [2.75, 3.05) is 11.5 Å². The van der Waals surface area contributed by atoms with E-state index >= 15 is 0 Å². The van der Waals surface area contributed by atoms with E-state index in [1.165, 1.54) is 23.0 Å². The fraction of sp³-hybridized carbons (Fsp3) is 0.474. The third-order valence-electron chi connectivity index (χ3n) is 5.36. The fourth-order valence-corrected chi connectivity index (χ4v) is 6.95. The van der Waals surface area contributed by atoms with E-state index in [2.05, 4.69) is 5.10 Å². The maximum absolute atomic E-state index is 13.3. The van der Waals surface area contributed by atoms with Gasteiger partial charge in [0.25, 0.3) is 10.1 Å². The molecular weight excluding hydrogens is 416 g/mol. The van der Waals surface area contributed by atoms with Crippen LogP contribution in [0.1, 0.15) is 53.0 Å². The summed E-state index contributed by atoms with van der Waals surface area (Å²) in [5.74, 6) is -0.697. The zero-order valence-electron chi connectivity index (χ0n) is 16.8. The van der Waals surface area contributed by atoms with Crippen molar-refractivity contribution in [1.82, 2.24) is 9.78 Å². The summed E-state index contributed by atoms with van der Waals surface area (Å²) in [4.78, 5) is 13.5. The molecule has 29 heavy (non-hydrogen) atoms. The van der Waals surface area contributed by atoms with Gasteiger partial charge >= 0.3 is 0 Å². The Morgan fingerprint density at radius 3 is 2.55 bits per heavy atom.